The van der Waals surface area contributed by atoms with Gasteiger partial charge < -0.3 is 5.11 Å². The fourth-order valence-electron chi connectivity index (χ4n) is 1.40. The summed E-state index contributed by atoms with van der Waals surface area (Å²) in [5, 5.41) is 11.6. The van der Waals surface area contributed by atoms with E-state index in [1.165, 1.54) is 16.9 Å². The second-order valence-corrected chi connectivity index (χ2v) is 5.52. The molecule has 0 bridgehead atoms. The largest absolute Gasteiger partial charge is 0.478 e. The predicted octanol–water partition coefficient (Wildman–Crippen LogP) is 3.59. The first-order valence-corrected chi connectivity index (χ1v) is 6.70. The summed E-state index contributed by atoms with van der Waals surface area (Å²) in [5.74, 6) is -0.938. The Balaban J connectivity index is 2.37. The van der Waals surface area contributed by atoms with E-state index in [4.69, 9.17) is 5.11 Å². The molecule has 2 aromatic heterocycles. The number of nitrogens with zero attached hydrogens (tertiary/aromatic N) is 1. The smallest absolute Gasteiger partial charge is 0.328 e. The van der Waals surface area contributed by atoms with E-state index in [2.05, 4.69) is 18.0 Å². The summed E-state index contributed by atoms with van der Waals surface area (Å²) in [7, 11) is 0. The highest BCUT2D eigenvalue weighted by Crippen LogP contribution is 2.34. The standard InChI is InChI=1S/C12H11NO2S2/c1-7-5-6-16-11(7)12-13-8(2)9(17-12)3-4-10(14)15/h3-6H,1-2H3,(H,14,15)/b4-3+. The molecule has 0 fully saturated rings. The maximum absolute atomic E-state index is 10.5. The molecule has 0 aliphatic rings. The number of carboxylic acid groups (broad SMARTS) is 1. The number of thiophene rings is 1. The Kier molecular flexibility index (Phi) is 3.40. The number of rotatable bonds is 3. The van der Waals surface area contributed by atoms with Gasteiger partial charge in [-0.1, -0.05) is 0 Å². The Morgan fingerprint density at radius 1 is 1.47 bits per heavy atom. The summed E-state index contributed by atoms with van der Waals surface area (Å²) in [6.45, 7) is 3.94. The number of hydrogen-bond donors (Lipinski definition) is 1. The zero-order valence-corrected chi connectivity index (χ0v) is 11.1. The number of thiazole rings is 1. The molecule has 0 unspecified atom stereocenters. The highest BCUT2D eigenvalue weighted by molar-refractivity contribution is 7.21. The SMILES string of the molecule is Cc1ccsc1-c1nc(C)c(/C=C/C(=O)O)s1. The van der Waals surface area contributed by atoms with Crippen molar-refractivity contribution in [2.75, 3.05) is 0 Å². The van der Waals surface area contributed by atoms with Crippen molar-refractivity contribution in [3.05, 3.63) is 33.7 Å². The van der Waals surface area contributed by atoms with Crippen LogP contribution < -0.4 is 0 Å². The maximum atomic E-state index is 10.5. The van der Waals surface area contributed by atoms with Gasteiger partial charge in [0.15, 0.2) is 0 Å². The second-order valence-electron chi connectivity index (χ2n) is 3.57. The van der Waals surface area contributed by atoms with E-state index >= 15 is 0 Å². The Morgan fingerprint density at radius 2 is 2.24 bits per heavy atom. The van der Waals surface area contributed by atoms with Crippen LogP contribution in [0.5, 0.6) is 0 Å². The van der Waals surface area contributed by atoms with Crippen LogP contribution >= 0.6 is 22.7 Å². The van der Waals surface area contributed by atoms with Gasteiger partial charge >= 0.3 is 5.97 Å². The molecule has 88 valence electrons. The average molecular weight is 265 g/mol. The Labute approximate surface area is 107 Å². The maximum Gasteiger partial charge on any atom is 0.328 e. The zero-order chi connectivity index (χ0) is 12.4. The van der Waals surface area contributed by atoms with Crippen LogP contribution in [0.4, 0.5) is 0 Å². The van der Waals surface area contributed by atoms with Crippen molar-refractivity contribution in [3.8, 4) is 9.88 Å². The van der Waals surface area contributed by atoms with Crippen LogP contribution in [0.3, 0.4) is 0 Å². The van der Waals surface area contributed by atoms with Gasteiger partial charge in [0, 0.05) is 6.08 Å². The molecule has 2 heterocycles. The lowest BCUT2D eigenvalue weighted by Crippen LogP contribution is -1.85. The first kappa shape index (κ1) is 12.0. The third-order valence-corrected chi connectivity index (χ3v) is 4.56. The normalized spacial score (nSPS) is 11.2. The number of carbonyl (C=O) groups is 1. The van der Waals surface area contributed by atoms with Crippen LogP contribution in [-0.4, -0.2) is 16.1 Å². The third kappa shape index (κ3) is 2.62. The molecular weight excluding hydrogens is 254 g/mol. The van der Waals surface area contributed by atoms with E-state index in [9.17, 15) is 4.79 Å². The number of carboxylic acids is 1. The second kappa shape index (κ2) is 4.81. The molecule has 2 aromatic rings. The quantitative estimate of drug-likeness (QED) is 0.863. The summed E-state index contributed by atoms with van der Waals surface area (Å²) >= 11 is 3.18. The van der Waals surface area contributed by atoms with Gasteiger partial charge in [0.25, 0.3) is 0 Å². The number of aromatic nitrogens is 1. The van der Waals surface area contributed by atoms with Crippen LogP contribution in [-0.2, 0) is 4.79 Å². The topological polar surface area (TPSA) is 50.2 Å². The minimum atomic E-state index is -0.938. The monoisotopic (exact) mass is 265 g/mol. The van der Waals surface area contributed by atoms with Gasteiger partial charge in [-0.15, -0.1) is 22.7 Å². The van der Waals surface area contributed by atoms with Gasteiger partial charge in [0.1, 0.15) is 5.01 Å². The van der Waals surface area contributed by atoms with Crippen molar-refractivity contribution in [3.63, 3.8) is 0 Å². The Morgan fingerprint density at radius 3 is 2.82 bits per heavy atom. The fourth-order valence-corrected chi connectivity index (χ4v) is 3.45. The molecule has 0 aliphatic carbocycles. The van der Waals surface area contributed by atoms with E-state index in [-0.39, 0.29) is 0 Å². The van der Waals surface area contributed by atoms with Crippen molar-refractivity contribution in [1.82, 2.24) is 4.98 Å². The summed E-state index contributed by atoms with van der Waals surface area (Å²) in [4.78, 5) is 17.0. The van der Waals surface area contributed by atoms with Crippen LogP contribution in [0.15, 0.2) is 17.5 Å². The molecule has 1 N–H and O–H groups in total. The molecule has 17 heavy (non-hydrogen) atoms. The minimum absolute atomic E-state index is 0.871. The molecule has 0 amide bonds. The third-order valence-electron chi connectivity index (χ3n) is 2.27. The van der Waals surface area contributed by atoms with Crippen LogP contribution in [0.25, 0.3) is 16.0 Å². The highest BCUT2D eigenvalue weighted by Gasteiger charge is 2.10. The van der Waals surface area contributed by atoms with Crippen molar-refractivity contribution < 1.29 is 9.90 Å². The van der Waals surface area contributed by atoms with Crippen molar-refractivity contribution >= 4 is 34.7 Å². The van der Waals surface area contributed by atoms with Gasteiger partial charge in [-0.25, -0.2) is 9.78 Å². The first-order chi connectivity index (χ1) is 8.08. The molecule has 2 rings (SSSR count). The molecule has 0 saturated carbocycles. The summed E-state index contributed by atoms with van der Waals surface area (Å²) in [6.07, 6.45) is 2.74. The van der Waals surface area contributed by atoms with Gasteiger partial charge in [-0.3, -0.25) is 0 Å². The van der Waals surface area contributed by atoms with Crippen molar-refractivity contribution in [2.24, 2.45) is 0 Å². The summed E-state index contributed by atoms with van der Waals surface area (Å²) in [5.41, 5.74) is 2.08. The Bertz CT molecular complexity index is 581. The predicted molar refractivity (Wildman–Crippen MR) is 71.6 cm³/mol. The molecule has 5 heteroatoms. The van der Waals surface area contributed by atoms with Gasteiger partial charge in [-0.2, -0.15) is 0 Å². The van der Waals surface area contributed by atoms with E-state index in [0.717, 1.165) is 26.5 Å². The van der Waals surface area contributed by atoms with Crippen LogP contribution in [0.2, 0.25) is 0 Å². The fraction of sp³-hybridized carbons (Fsp3) is 0.167. The lowest BCUT2D eigenvalue weighted by molar-refractivity contribution is -0.131. The highest BCUT2D eigenvalue weighted by atomic mass is 32.1. The summed E-state index contributed by atoms with van der Waals surface area (Å²) < 4.78 is 0. The molecule has 0 radical (unpaired) electrons. The summed E-state index contributed by atoms with van der Waals surface area (Å²) in [6, 6.07) is 2.06. The van der Waals surface area contributed by atoms with E-state index in [1.54, 1.807) is 17.4 Å². The van der Waals surface area contributed by atoms with E-state index < -0.39 is 5.97 Å². The van der Waals surface area contributed by atoms with Gasteiger partial charge in [0.2, 0.25) is 0 Å². The van der Waals surface area contributed by atoms with Crippen molar-refractivity contribution in [2.45, 2.75) is 13.8 Å². The molecule has 0 atom stereocenters. The van der Waals surface area contributed by atoms with E-state index in [1.807, 2.05) is 12.3 Å². The molecule has 0 aromatic carbocycles. The molecule has 0 saturated heterocycles. The number of aryl methyl sites for hydroxylation is 2. The zero-order valence-electron chi connectivity index (χ0n) is 9.43. The lowest BCUT2D eigenvalue weighted by Gasteiger charge is -1.90. The van der Waals surface area contributed by atoms with Crippen molar-refractivity contribution in [1.29, 1.82) is 0 Å². The van der Waals surface area contributed by atoms with Crippen LogP contribution in [0.1, 0.15) is 16.1 Å². The molecule has 0 spiro atoms. The molecule has 3 nitrogen and oxygen atoms in total. The molecular formula is C12H11NO2S2. The van der Waals surface area contributed by atoms with Gasteiger partial charge in [0.05, 0.1) is 15.4 Å². The van der Waals surface area contributed by atoms with E-state index in [0.29, 0.717) is 0 Å². The average Bonchev–Trinajstić information content (AvgIpc) is 2.82. The molecule has 0 aliphatic heterocycles. The Hall–Kier alpha value is -1.46. The van der Waals surface area contributed by atoms with Crippen LogP contribution in [0, 0.1) is 13.8 Å². The first-order valence-electron chi connectivity index (χ1n) is 5.01. The van der Waals surface area contributed by atoms with Gasteiger partial charge in [-0.05, 0) is 36.9 Å². The lowest BCUT2D eigenvalue weighted by atomic mass is 10.3. The number of hydrogen-bond acceptors (Lipinski definition) is 4. The number of aliphatic carboxylic acids is 1. The minimum Gasteiger partial charge on any atom is -0.478 e.